The van der Waals surface area contributed by atoms with Crippen LogP contribution >= 0.6 is 0 Å². The van der Waals surface area contributed by atoms with Gasteiger partial charge in [-0.2, -0.15) is 0 Å². The maximum atomic E-state index is 10.9. The first kappa shape index (κ1) is 13.1. The third kappa shape index (κ3) is 4.30. The number of aromatic nitrogens is 2. The van der Waals surface area contributed by atoms with E-state index in [-0.39, 0.29) is 5.03 Å². The van der Waals surface area contributed by atoms with Crippen molar-refractivity contribution in [3.63, 3.8) is 0 Å². The molecular weight excluding hydrogens is 230 g/mol. The van der Waals surface area contributed by atoms with Crippen LogP contribution in [0.25, 0.3) is 0 Å². The first-order valence-electron chi connectivity index (χ1n) is 5.02. The topological polar surface area (TPSA) is 87.2 Å². The molecule has 0 fully saturated rings. The highest BCUT2D eigenvalue weighted by molar-refractivity contribution is 7.89. The largest absolute Gasteiger partial charge is 0.379 e. The van der Waals surface area contributed by atoms with Crippen LogP contribution in [0.3, 0.4) is 0 Å². The van der Waals surface area contributed by atoms with Gasteiger partial charge in [0.1, 0.15) is 0 Å². The fourth-order valence-corrected chi connectivity index (χ4v) is 1.57. The Bertz CT molecular complexity index is 425. The predicted molar refractivity (Wildman–Crippen MR) is 59.3 cm³/mol. The van der Waals surface area contributed by atoms with Crippen LogP contribution in [-0.4, -0.2) is 31.2 Å². The molecule has 1 aromatic heterocycles. The van der Waals surface area contributed by atoms with Crippen LogP contribution in [0.4, 0.5) is 0 Å². The number of hydrogen-bond acceptors (Lipinski definition) is 4. The van der Waals surface area contributed by atoms with Crippen molar-refractivity contribution in [3.05, 3.63) is 12.5 Å². The third-order valence-electron chi connectivity index (χ3n) is 1.85. The van der Waals surface area contributed by atoms with Crippen LogP contribution in [0.5, 0.6) is 0 Å². The first-order chi connectivity index (χ1) is 7.39. The van der Waals surface area contributed by atoms with Crippen molar-refractivity contribution in [1.29, 1.82) is 0 Å². The highest BCUT2D eigenvalue weighted by Crippen LogP contribution is 2.02. The summed E-state index contributed by atoms with van der Waals surface area (Å²) in [5.74, 6) is 0.489. The number of hydrogen-bond donors (Lipinski definition) is 1. The van der Waals surface area contributed by atoms with Crippen molar-refractivity contribution in [3.8, 4) is 0 Å². The maximum Gasteiger partial charge on any atom is 0.257 e. The first-order valence-corrected chi connectivity index (χ1v) is 6.56. The summed E-state index contributed by atoms with van der Waals surface area (Å²) in [6.07, 6.45) is 2.83. The summed E-state index contributed by atoms with van der Waals surface area (Å²) in [6, 6.07) is 0. The molecule has 92 valence electrons. The number of nitrogens with two attached hydrogens (primary N) is 1. The summed E-state index contributed by atoms with van der Waals surface area (Å²) in [5, 5.41) is 4.82. The van der Waals surface area contributed by atoms with Gasteiger partial charge >= 0.3 is 0 Å². The minimum atomic E-state index is -3.70. The second-order valence-corrected chi connectivity index (χ2v) is 5.47. The van der Waals surface area contributed by atoms with Crippen molar-refractivity contribution < 1.29 is 13.2 Å². The Labute approximate surface area is 95.5 Å². The van der Waals surface area contributed by atoms with Crippen LogP contribution in [0.1, 0.15) is 13.8 Å². The van der Waals surface area contributed by atoms with Crippen LogP contribution < -0.4 is 5.14 Å². The lowest BCUT2D eigenvalue weighted by Gasteiger charge is -2.06. The number of ether oxygens (including phenoxy) is 1. The minimum absolute atomic E-state index is 0.114. The predicted octanol–water partition coefficient (Wildman–Crippen LogP) is 0.203. The van der Waals surface area contributed by atoms with E-state index in [1.165, 1.54) is 12.5 Å². The average molecular weight is 247 g/mol. The third-order valence-corrected chi connectivity index (χ3v) is 2.64. The summed E-state index contributed by atoms with van der Waals surface area (Å²) in [4.78, 5) is 3.70. The zero-order valence-corrected chi connectivity index (χ0v) is 10.3. The summed E-state index contributed by atoms with van der Waals surface area (Å²) < 4.78 is 28.9. The van der Waals surface area contributed by atoms with E-state index < -0.39 is 10.0 Å². The monoisotopic (exact) mass is 247 g/mol. The molecule has 2 N–H and O–H groups in total. The number of imidazole rings is 1. The molecule has 0 unspecified atom stereocenters. The van der Waals surface area contributed by atoms with Gasteiger partial charge in [0.15, 0.2) is 5.03 Å². The van der Waals surface area contributed by atoms with E-state index in [0.717, 1.165) is 0 Å². The van der Waals surface area contributed by atoms with Gasteiger partial charge in [-0.25, -0.2) is 18.5 Å². The standard InChI is InChI=1S/C9H17N3O3S/c1-8(2)6-15-4-3-12-5-9(11-7-12)16(10,13)14/h5,7-8H,3-4,6H2,1-2H3,(H2,10,13,14). The van der Waals surface area contributed by atoms with Crippen LogP contribution in [0.2, 0.25) is 0 Å². The van der Waals surface area contributed by atoms with E-state index in [2.05, 4.69) is 18.8 Å². The lowest BCUT2D eigenvalue weighted by atomic mass is 10.2. The van der Waals surface area contributed by atoms with Crippen LogP contribution in [0.15, 0.2) is 17.6 Å². The molecule has 0 atom stereocenters. The molecule has 0 aliphatic heterocycles. The van der Waals surface area contributed by atoms with Crippen molar-refractivity contribution in [2.24, 2.45) is 11.1 Å². The maximum absolute atomic E-state index is 10.9. The summed E-state index contributed by atoms with van der Waals surface area (Å²) in [7, 11) is -3.70. The van der Waals surface area contributed by atoms with Crippen molar-refractivity contribution in [1.82, 2.24) is 9.55 Å². The molecule has 0 aliphatic carbocycles. The molecule has 16 heavy (non-hydrogen) atoms. The molecule has 0 aliphatic rings. The van der Waals surface area contributed by atoms with Gasteiger partial charge in [0.05, 0.1) is 12.9 Å². The Morgan fingerprint density at radius 1 is 1.56 bits per heavy atom. The van der Waals surface area contributed by atoms with Gasteiger partial charge in [-0.3, -0.25) is 0 Å². The van der Waals surface area contributed by atoms with Crippen LogP contribution in [0, 0.1) is 5.92 Å². The zero-order chi connectivity index (χ0) is 12.2. The molecule has 1 rings (SSSR count). The zero-order valence-electron chi connectivity index (χ0n) is 9.46. The molecule has 0 saturated heterocycles. The molecule has 0 amide bonds. The van der Waals surface area contributed by atoms with Gasteiger partial charge in [0.2, 0.25) is 0 Å². The normalized spacial score (nSPS) is 12.2. The highest BCUT2D eigenvalue weighted by Gasteiger charge is 2.10. The summed E-state index contributed by atoms with van der Waals surface area (Å²) in [6.45, 7) is 5.91. The van der Waals surface area contributed by atoms with Crippen molar-refractivity contribution >= 4 is 10.0 Å². The lowest BCUT2D eigenvalue weighted by molar-refractivity contribution is 0.103. The molecule has 0 radical (unpaired) electrons. The number of rotatable bonds is 6. The molecule has 0 spiro atoms. The van der Waals surface area contributed by atoms with E-state index in [9.17, 15) is 8.42 Å². The Morgan fingerprint density at radius 3 is 2.75 bits per heavy atom. The minimum Gasteiger partial charge on any atom is -0.379 e. The fraction of sp³-hybridized carbons (Fsp3) is 0.667. The molecule has 0 saturated carbocycles. The van der Waals surface area contributed by atoms with Crippen molar-refractivity contribution in [2.75, 3.05) is 13.2 Å². The van der Waals surface area contributed by atoms with E-state index >= 15 is 0 Å². The molecule has 1 aromatic rings. The molecule has 7 heteroatoms. The number of sulfonamides is 1. The highest BCUT2D eigenvalue weighted by atomic mass is 32.2. The molecule has 0 aromatic carbocycles. The Balaban J connectivity index is 2.42. The second kappa shape index (κ2) is 5.42. The molecular formula is C9H17N3O3S. The van der Waals surface area contributed by atoms with Gasteiger partial charge in [-0.05, 0) is 5.92 Å². The Hall–Kier alpha value is -0.920. The Kier molecular flexibility index (Phi) is 4.45. The lowest BCUT2D eigenvalue weighted by Crippen LogP contribution is -2.12. The summed E-state index contributed by atoms with van der Waals surface area (Å²) >= 11 is 0. The van der Waals surface area contributed by atoms with E-state index in [1.54, 1.807) is 4.57 Å². The molecule has 0 bridgehead atoms. The average Bonchev–Trinajstić information content (AvgIpc) is 2.59. The second-order valence-electron chi connectivity index (χ2n) is 3.96. The Morgan fingerprint density at radius 2 is 2.25 bits per heavy atom. The quantitative estimate of drug-likeness (QED) is 0.728. The van der Waals surface area contributed by atoms with Crippen LogP contribution in [-0.2, 0) is 21.3 Å². The smallest absolute Gasteiger partial charge is 0.257 e. The van der Waals surface area contributed by atoms with E-state index in [4.69, 9.17) is 9.88 Å². The molecule has 6 nitrogen and oxygen atoms in total. The SMILES string of the molecule is CC(C)COCCn1cnc(S(N)(=O)=O)c1. The molecule has 1 heterocycles. The van der Waals surface area contributed by atoms with Gasteiger partial charge in [0, 0.05) is 19.3 Å². The van der Waals surface area contributed by atoms with Gasteiger partial charge in [0.25, 0.3) is 10.0 Å². The summed E-state index contributed by atoms with van der Waals surface area (Å²) in [5.41, 5.74) is 0. The fourth-order valence-electron chi connectivity index (χ4n) is 1.10. The van der Waals surface area contributed by atoms with Gasteiger partial charge in [-0.15, -0.1) is 0 Å². The van der Waals surface area contributed by atoms with Crippen molar-refractivity contribution in [2.45, 2.75) is 25.4 Å². The van der Waals surface area contributed by atoms with Gasteiger partial charge < -0.3 is 9.30 Å². The number of primary sulfonamides is 1. The van der Waals surface area contributed by atoms with Gasteiger partial charge in [-0.1, -0.05) is 13.8 Å². The van der Waals surface area contributed by atoms with E-state index in [1.807, 2.05) is 0 Å². The number of nitrogens with zero attached hydrogens (tertiary/aromatic N) is 2. The van der Waals surface area contributed by atoms with E-state index in [0.29, 0.717) is 25.7 Å².